The molecule has 0 saturated carbocycles. The molecule has 0 radical (unpaired) electrons. The highest BCUT2D eigenvalue weighted by atomic mass is 127. The third kappa shape index (κ3) is 7.13. The predicted molar refractivity (Wildman–Crippen MR) is 138 cm³/mol. The van der Waals surface area contributed by atoms with Gasteiger partial charge in [0.25, 0.3) is 0 Å². The van der Waals surface area contributed by atoms with E-state index in [-0.39, 0.29) is 24.0 Å². The molecule has 1 fully saturated rings. The molecule has 1 saturated heterocycles. The van der Waals surface area contributed by atoms with Crippen LogP contribution < -0.4 is 10.6 Å². The number of piperidine rings is 1. The molecule has 0 bridgehead atoms. The number of rotatable bonds is 7. The van der Waals surface area contributed by atoms with Crippen LogP contribution >= 0.6 is 35.3 Å². The van der Waals surface area contributed by atoms with Crippen LogP contribution in [0.4, 0.5) is 0 Å². The van der Waals surface area contributed by atoms with Crippen LogP contribution in [0.15, 0.2) is 34.2 Å². The molecule has 7 nitrogen and oxygen atoms in total. The van der Waals surface area contributed by atoms with E-state index in [9.17, 15) is 8.42 Å². The lowest BCUT2D eigenvalue weighted by Crippen LogP contribution is -2.37. The number of guanidine groups is 1. The minimum Gasteiger partial charge on any atom is -0.356 e. The van der Waals surface area contributed by atoms with E-state index >= 15 is 0 Å². The number of nitrogens with zero attached hydrogens (tertiary/aromatic N) is 3. The van der Waals surface area contributed by atoms with E-state index in [2.05, 4.69) is 27.5 Å². The van der Waals surface area contributed by atoms with Gasteiger partial charge in [0.1, 0.15) is 0 Å². The Morgan fingerprint density at radius 1 is 1.13 bits per heavy atom. The molecule has 10 heteroatoms. The summed E-state index contributed by atoms with van der Waals surface area (Å²) >= 11 is 1.73. The summed E-state index contributed by atoms with van der Waals surface area (Å²) in [6.45, 7) is 6.68. The van der Waals surface area contributed by atoms with Gasteiger partial charge >= 0.3 is 0 Å². The molecule has 1 aromatic heterocycles. The normalized spacial score (nSPS) is 15.4. The van der Waals surface area contributed by atoms with Crippen molar-refractivity contribution in [3.63, 3.8) is 0 Å². The second kappa shape index (κ2) is 12.1. The summed E-state index contributed by atoms with van der Waals surface area (Å²) in [6, 6.07) is 7.12. The summed E-state index contributed by atoms with van der Waals surface area (Å²) in [4.78, 5) is 10.4. The van der Waals surface area contributed by atoms with Gasteiger partial charge in [-0.25, -0.2) is 13.4 Å². The second-order valence-corrected chi connectivity index (χ2v) is 10.7. The van der Waals surface area contributed by atoms with E-state index < -0.39 is 10.0 Å². The number of aryl methyl sites for hydroxylation is 2. The monoisotopic (exact) mass is 577 g/mol. The number of aromatic nitrogens is 1. The molecule has 172 valence electrons. The Morgan fingerprint density at radius 2 is 1.81 bits per heavy atom. The molecule has 31 heavy (non-hydrogen) atoms. The maximum Gasteiger partial charge on any atom is 0.243 e. The zero-order valence-corrected chi connectivity index (χ0v) is 22.3. The van der Waals surface area contributed by atoms with Gasteiger partial charge in [0.2, 0.25) is 10.0 Å². The van der Waals surface area contributed by atoms with Crippen LogP contribution in [-0.4, -0.2) is 50.3 Å². The largest absolute Gasteiger partial charge is 0.356 e. The van der Waals surface area contributed by atoms with Crippen LogP contribution in [0.3, 0.4) is 0 Å². The fraction of sp³-hybridized carbons (Fsp3) is 0.524. The first-order valence-electron chi connectivity index (χ1n) is 10.4. The summed E-state index contributed by atoms with van der Waals surface area (Å²) < 4.78 is 27.1. The van der Waals surface area contributed by atoms with Crippen molar-refractivity contribution in [3.05, 3.63) is 45.4 Å². The molecule has 0 spiro atoms. The lowest BCUT2D eigenvalue weighted by Gasteiger charge is -2.25. The lowest BCUT2D eigenvalue weighted by molar-refractivity contribution is 0.346. The van der Waals surface area contributed by atoms with Crippen molar-refractivity contribution < 1.29 is 8.42 Å². The minimum atomic E-state index is -3.38. The van der Waals surface area contributed by atoms with Crippen LogP contribution in [0, 0.1) is 13.8 Å². The summed E-state index contributed by atoms with van der Waals surface area (Å²) in [5.74, 6) is 0.713. The Kier molecular flexibility index (Phi) is 10.2. The third-order valence-corrected chi connectivity index (χ3v) is 8.31. The van der Waals surface area contributed by atoms with Crippen LogP contribution in [0.25, 0.3) is 0 Å². The second-order valence-electron chi connectivity index (χ2n) is 7.46. The van der Waals surface area contributed by atoms with Gasteiger partial charge in [-0.1, -0.05) is 18.6 Å². The summed E-state index contributed by atoms with van der Waals surface area (Å²) in [7, 11) is -1.65. The van der Waals surface area contributed by atoms with Crippen molar-refractivity contribution in [1.29, 1.82) is 0 Å². The Hall–Kier alpha value is -1.24. The van der Waals surface area contributed by atoms with E-state index in [1.807, 2.05) is 19.1 Å². The van der Waals surface area contributed by atoms with Crippen LogP contribution in [0.5, 0.6) is 0 Å². The standard InChI is InChI=1S/C21H31N5O2S2.HI/c1-16-17(2)29-20(25-16)11-12-23-21(22-3)24-15-18-7-9-19(10-8-18)30(27,28)26-13-5-4-6-14-26;/h7-10H,4-6,11-15H2,1-3H3,(H2,22,23,24);1H. The van der Waals surface area contributed by atoms with Crippen LogP contribution in [0.2, 0.25) is 0 Å². The number of halogens is 1. The molecule has 2 aromatic rings. The topological polar surface area (TPSA) is 86.7 Å². The highest BCUT2D eigenvalue weighted by Crippen LogP contribution is 2.21. The van der Waals surface area contributed by atoms with Crippen LogP contribution in [-0.2, 0) is 23.0 Å². The van der Waals surface area contributed by atoms with Crippen molar-refractivity contribution >= 4 is 51.3 Å². The molecule has 1 aliphatic rings. The molecular formula is C21H32IN5O2S2. The zero-order chi connectivity index (χ0) is 21.6. The number of hydrogen-bond donors (Lipinski definition) is 2. The number of thiazole rings is 1. The summed E-state index contributed by atoms with van der Waals surface area (Å²) in [5.41, 5.74) is 2.10. The quantitative estimate of drug-likeness (QED) is 0.299. The Balaban J connectivity index is 0.00000341. The molecule has 2 N–H and O–H groups in total. The minimum absolute atomic E-state index is 0. The highest BCUT2D eigenvalue weighted by molar-refractivity contribution is 14.0. The van der Waals surface area contributed by atoms with Gasteiger partial charge in [-0.2, -0.15) is 4.31 Å². The van der Waals surface area contributed by atoms with Gasteiger partial charge in [-0.3, -0.25) is 4.99 Å². The van der Waals surface area contributed by atoms with E-state index in [1.54, 1.807) is 34.8 Å². The van der Waals surface area contributed by atoms with Gasteiger partial charge in [0.05, 0.1) is 15.6 Å². The van der Waals surface area contributed by atoms with Gasteiger partial charge in [-0.15, -0.1) is 35.3 Å². The first-order valence-corrected chi connectivity index (χ1v) is 12.6. The highest BCUT2D eigenvalue weighted by Gasteiger charge is 2.25. The Labute approximate surface area is 206 Å². The number of hydrogen-bond acceptors (Lipinski definition) is 5. The fourth-order valence-corrected chi connectivity index (χ4v) is 5.82. The zero-order valence-electron chi connectivity index (χ0n) is 18.3. The number of sulfonamides is 1. The van der Waals surface area contributed by atoms with Gasteiger partial charge in [0.15, 0.2) is 5.96 Å². The first kappa shape index (κ1) is 26.0. The number of aliphatic imine (C=N–C) groups is 1. The fourth-order valence-electron chi connectivity index (χ4n) is 3.37. The van der Waals surface area contributed by atoms with Crippen LogP contribution in [0.1, 0.15) is 40.4 Å². The van der Waals surface area contributed by atoms with E-state index in [0.717, 1.165) is 48.5 Å². The molecule has 1 aromatic carbocycles. The van der Waals surface area contributed by atoms with E-state index in [4.69, 9.17) is 0 Å². The molecule has 0 unspecified atom stereocenters. The molecule has 0 atom stereocenters. The number of benzene rings is 1. The maximum absolute atomic E-state index is 12.7. The van der Waals surface area contributed by atoms with E-state index in [1.165, 1.54) is 4.88 Å². The van der Waals surface area contributed by atoms with Gasteiger partial charge < -0.3 is 10.6 Å². The smallest absolute Gasteiger partial charge is 0.243 e. The number of nitrogens with one attached hydrogen (secondary N) is 2. The Morgan fingerprint density at radius 3 is 2.39 bits per heavy atom. The molecule has 3 rings (SSSR count). The van der Waals surface area contributed by atoms with E-state index in [0.29, 0.717) is 30.5 Å². The summed E-state index contributed by atoms with van der Waals surface area (Å²) in [6.07, 6.45) is 3.84. The molecule has 0 amide bonds. The molecule has 0 aliphatic carbocycles. The molecule has 1 aliphatic heterocycles. The van der Waals surface area contributed by atoms with Crippen molar-refractivity contribution in [3.8, 4) is 0 Å². The first-order chi connectivity index (χ1) is 14.4. The predicted octanol–water partition coefficient (Wildman–Crippen LogP) is 3.46. The molecule has 2 heterocycles. The summed E-state index contributed by atoms with van der Waals surface area (Å²) in [5, 5.41) is 7.69. The maximum atomic E-state index is 12.7. The SMILES string of the molecule is CN=C(NCCc1nc(C)c(C)s1)NCc1ccc(S(=O)(=O)N2CCCCC2)cc1.I. The Bertz CT molecular complexity index is 949. The average Bonchev–Trinajstić information content (AvgIpc) is 3.08. The average molecular weight is 578 g/mol. The molecular weight excluding hydrogens is 545 g/mol. The van der Waals surface area contributed by atoms with Gasteiger partial charge in [-0.05, 0) is 44.4 Å². The van der Waals surface area contributed by atoms with Crippen molar-refractivity contribution in [2.24, 2.45) is 4.99 Å². The van der Waals surface area contributed by atoms with Crippen molar-refractivity contribution in [2.45, 2.75) is 51.0 Å². The van der Waals surface area contributed by atoms with Crippen molar-refractivity contribution in [1.82, 2.24) is 19.9 Å². The lowest BCUT2D eigenvalue weighted by atomic mass is 10.2. The van der Waals surface area contributed by atoms with Crippen molar-refractivity contribution in [2.75, 3.05) is 26.7 Å². The third-order valence-electron chi connectivity index (χ3n) is 5.26. The van der Waals surface area contributed by atoms with Gasteiger partial charge in [0, 0.05) is 44.5 Å².